The maximum Gasteiger partial charge on any atom is 0.170 e. The molecule has 1 unspecified atom stereocenters. The molecule has 2 heterocycles. The fraction of sp³-hybridized carbons (Fsp3) is 0.462. The molecule has 0 bridgehead atoms. The van der Waals surface area contributed by atoms with E-state index in [-0.39, 0.29) is 0 Å². The van der Waals surface area contributed by atoms with Crippen molar-refractivity contribution in [2.24, 2.45) is 5.92 Å². The number of benzene rings is 1. The number of fused-ring (bicyclic) bond motifs is 1. The summed E-state index contributed by atoms with van der Waals surface area (Å²) in [7, 11) is 0. The van der Waals surface area contributed by atoms with Gasteiger partial charge in [0.15, 0.2) is 5.58 Å². The highest BCUT2D eigenvalue weighted by atomic mass is 16.5. The minimum atomic E-state index is 0.740. The highest BCUT2D eigenvalue weighted by Gasteiger charge is 2.15. The molecule has 2 aromatic rings. The van der Waals surface area contributed by atoms with Crippen LogP contribution in [0.15, 0.2) is 28.9 Å². The third-order valence-electron chi connectivity index (χ3n) is 3.37. The molecular formula is C13H16N2O. The number of aromatic nitrogens is 1. The zero-order chi connectivity index (χ0) is 10.8. The second-order valence-corrected chi connectivity index (χ2v) is 4.58. The average molecular weight is 216 g/mol. The molecular weight excluding hydrogens is 200 g/mol. The highest BCUT2D eigenvalue weighted by molar-refractivity contribution is 5.79. The van der Waals surface area contributed by atoms with Gasteiger partial charge in [0.2, 0.25) is 0 Å². The lowest BCUT2D eigenvalue weighted by atomic mass is 9.92. The molecule has 1 N–H and O–H groups in total. The van der Waals surface area contributed by atoms with Gasteiger partial charge in [-0.15, -0.1) is 0 Å². The number of piperidine rings is 1. The van der Waals surface area contributed by atoms with E-state index >= 15 is 0 Å². The van der Waals surface area contributed by atoms with Crippen molar-refractivity contribution >= 4 is 11.0 Å². The molecule has 1 atom stereocenters. The molecule has 16 heavy (non-hydrogen) atoms. The van der Waals surface area contributed by atoms with Gasteiger partial charge in [-0.2, -0.15) is 0 Å². The van der Waals surface area contributed by atoms with Crippen LogP contribution in [0.2, 0.25) is 0 Å². The Balaban J connectivity index is 1.85. The lowest BCUT2D eigenvalue weighted by molar-refractivity contribution is 0.374. The molecule has 1 aromatic heterocycles. The number of rotatable bonds is 2. The molecule has 0 amide bonds. The zero-order valence-electron chi connectivity index (χ0n) is 9.28. The van der Waals surface area contributed by atoms with Crippen LogP contribution >= 0.6 is 0 Å². The van der Waals surface area contributed by atoms with Crippen molar-refractivity contribution < 1.29 is 4.52 Å². The van der Waals surface area contributed by atoms with Crippen LogP contribution in [0.1, 0.15) is 18.4 Å². The van der Waals surface area contributed by atoms with E-state index in [0.717, 1.165) is 29.9 Å². The summed E-state index contributed by atoms with van der Waals surface area (Å²) < 4.78 is 5.32. The summed E-state index contributed by atoms with van der Waals surface area (Å²) in [5.41, 5.74) is 2.26. The summed E-state index contributed by atoms with van der Waals surface area (Å²) in [6.45, 7) is 2.30. The second kappa shape index (κ2) is 4.26. The third-order valence-corrected chi connectivity index (χ3v) is 3.37. The van der Waals surface area contributed by atoms with E-state index in [2.05, 4.69) is 28.7 Å². The van der Waals surface area contributed by atoms with Gasteiger partial charge in [-0.3, -0.25) is 0 Å². The van der Waals surface area contributed by atoms with Crippen molar-refractivity contribution in [3.63, 3.8) is 0 Å². The lowest BCUT2D eigenvalue weighted by Crippen LogP contribution is -2.30. The largest absolute Gasteiger partial charge is 0.356 e. The monoisotopic (exact) mass is 216 g/mol. The Kier molecular flexibility index (Phi) is 2.62. The van der Waals surface area contributed by atoms with Gasteiger partial charge in [0.05, 0.1) is 6.20 Å². The Bertz CT molecular complexity index is 471. The van der Waals surface area contributed by atoms with Crippen LogP contribution in [0.5, 0.6) is 0 Å². The van der Waals surface area contributed by atoms with Gasteiger partial charge in [-0.1, -0.05) is 17.3 Å². The van der Waals surface area contributed by atoms with Crippen molar-refractivity contribution in [1.82, 2.24) is 10.5 Å². The van der Waals surface area contributed by atoms with Gasteiger partial charge < -0.3 is 9.84 Å². The predicted octanol–water partition coefficient (Wildman–Crippen LogP) is 2.37. The second-order valence-electron chi connectivity index (χ2n) is 4.58. The summed E-state index contributed by atoms with van der Waals surface area (Å²) >= 11 is 0. The Morgan fingerprint density at radius 3 is 3.31 bits per heavy atom. The molecule has 0 saturated carbocycles. The van der Waals surface area contributed by atoms with E-state index < -0.39 is 0 Å². The molecule has 0 radical (unpaired) electrons. The Hall–Kier alpha value is -1.35. The van der Waals surface area contributed by atoms with E-state index in [1.54, 1.807) is 6.20 Å². The first-order chi connectivity index (χ1) is 7.93. The van der Waals surface area contributed by atoms with Crippen LogP contribution < -0.4 is 5.32 Å². The first-order valence-corrected chi connectivity index (χ1v) is 5.96. The van der Waals surface area contributed by atoms with Crippen LogP contribution in [0.3, 0.4) is 0 Å². The Labute approximate surface area is 94.8 Å². The van der Waals surface area contributed by atoms with Crippen LogP contribution in [0.4, 0.5) is 0 Å². The van der Waals surface area contributed by atoms with E-state index in [9.17, 15) is 0 Å². The van der Waals surface area contributed by atoms with Crippen LogP contribution in [0, 0.1) is 5.92 Å². The van der Waals surface area contributed by atoms with Crippen molar-refractivity contribution in [2.75, 3.05) is 13.1 Å². The van der Waals surface area contributed by atoms with Gasteiger partial charge in [0, 0.05) is 5.39 Å². The summed E-state index contributed by atoms with van der Waals surface area (Å²) in [6.07, 6.45) is 5.49. The number of hydrogen-bond donors (Lipinski definition) is 1. The normalized spacial score (nSPS) is 21.4. The first kappa shape index (κ1) is 9.85. The quantitative estimate of drug-likeness (QED) is 0.837. The van der Waals surface area contributed by atoms with E-state index in [1.807, 2.05) is 0 Å². The number of para-hydroxylation sites is 1. The van der Waals surface area contributed by atoms with Crippen LogP contribution in [-0.4, -0.2) is 18.2 Å². The lowest BCUT2D eigenvalue weighted by Gasteiger charge is -2.22. The van der Waals surface area contributed by atoms with E-state index in [1.165, 1.54) is 24.9 Å². The summed E-state index contributed by atoms with van der Waals surface area (Å²) in [5, 5.41) is 8.43. The van der Waals surface area contributed by atoms with Gasteiger partial charge in [-0.05, 0) is 49.9 Å². The molecule has 3 heteroatoms. The smallest absolute Gasteiger partial charge is 0.170 e. The van der Waals surface area contributed by atoms with E-state index in [4.69, 9.17) is 4.52 Å². The van der Waals surface area contributed by atoms with Crippen LogP contribution in [0.25, 0.3) is 11.0 Å². The van der Waals surface area contributed by atoms with Gasteiger partial charge in [-0.25, -0.2) is 0 Å². The molecule has 84 valence electrons. The number of nitrogens with zero attached hydrogens (tertiary/aromatic N) is 1. The molecule has 1 aliphatic rings. The standard InChI is InChI=1S/C13H16N2O/c1-4-11(7-10-3-2-6-14-8-10)13-12(5-1)9-15-16-13/h1,4-5,9-10,14H,2-3,6-8H2. The Morgan fingerprint density at radius 2 is 2.44 bits per heavy atom. The topological polar surface area (TPSA) is 38.1 Å². The van der Waals surface area contributed by atoms with E-state index in [0.29, 0.717) is 0 Å². The highest BCUT2D eigenvalue weighted by Crippen LogP contribution is 2.23. The van der Waals surface area contributed by atoms with Crippen molar-refractivity contribution in [1.29, 1.82) is 0 Å². The van der Waals surface area contributed by atoms with Gasteiger partial charge >= 0.3 is 0 Å². The fourth-order valence-corrected chi connectivity index (χ4v) is 2.52. The summed E-state index contributed by atoms with van der Waals surface area (Å²) in [5.74, 6) is 0.740. The van der Waals surface area contributed by atoms with Crippen molar-refractivity contribution in [3.8, 4) is 0 Å². The van der Waals surface area contributed by atoms with Gasteiger partial charge in [0.25, 0.3) is 0 Å². The molecule has 3 rings (SSSR count). The average Bonchev–Trinajstić information content (AvgIpc) is 2.80. The molecule has 1 aromatic carbocycles. The molecule has 0 spiro atoms. The Morgan fingerprint density at radius 1 is 1.44 bits per heavy atom. The molecule has 3 nitrogen and oxygen atoms in total. The minimum Gasteiger partial charge on any atom is -0.356 e. The number of hydrogen-bond acceptors (Lipinski definition) is 3. The zero-order valence-corrected chi connectivity index (χ0v) is 9.28. The van der Waals surface area contributed by atoms with Crippen molar-refractivity contribution in [3.05, 3.63) is 30.0 Å². The SMILES string of the molecule is c1cc(CC2CCCNC2)c2oncc2c1. The minimum absolute atomic E-state index is 0.740. The molecule has 1 fully saturated rings. The maximum absolute atomic E-state index is 5.32. The van der Waals surface area contributed by atoms with Crippen molar-refractivity contribution in [2.45, 2.75) is 19.3 Å². The molecule has 1 aliphatic heterocycles. The van der Waals surface area contributed by atoms with Gasteiger partial charge in [0.1, 0.15) is 0 Å². The molecule has 1 saturated heterocycles. The van der Waals surface area contributed by atoms with Crippen LogP contribution in [-0.2, 0) is 6.42 Å². The maximum atomic E-state index is 5.32. The third kappa shape index (κ3) is 1.83. The predicted molar refractivity (Wildman–Crippen MR) is 63.3 cm³/mol. The summed E-state index contributed by atoms with van der Waals surface area (Å²) in [6, 6.07) is 6.29. The number of nitrogens with one attached hydrogen (secondary N) is 1. The molecule has 0 aliphatic carbocycles. The fourth-order valence-electron chi connectivity index (χ4n) is 2.52. The first-order valence-electron chi connectivity index (χ1n) is 5.96. The summed E-state index contributed by atoms with van der Waals surface area (Å²) in [4.78, 5) is 0.